The third-order valence-electron chi connectivity index (χ3n) is 3.22. The Balaban J connectivity index is 2.02. The molecule has 0 atom stereocenters. The van der Waals surface area contributed by atoms with E-state index in [1.807, 2.05) is 6.92 Å². The number of carbonyl (C=O) groups is 1. The van der Waals surface area contributed by atoms with E-state index in [-0.39, 0.29) is 12.3 Å². The van der Waals surface area contributed by atoms with Crippen LogP contribution in [-0.2, 0) is 11.3 Å². The van der Waals surface area contributed by atoms with Crippen molar-refractivity contribution in [1.82, 2.24) is 0 Å². The number of non-ortho nitro benzene ring substituents is 1. The van der Waals surface area contributed by atoms with Crippen molar-refractivity contribution in [2.24, 2.45) is 0 Å². The van der Waals surface area contributed by atoms with Gasteiger partial charge in [0, 0.05) is 12.1 Å². The normalized spacial score (nSPS) is 10.1. The number of hydrogen-bond acceptors (Lipinski definition) is 6. The van der Waals surface area contributed by atoms with E-state index in [1.165, 1.54) is 19.2 Å². The Morgan fingerprint density at radius 2 is 1.83 bits per heavy atom. The van der Waals surface area contributed by atoms with E-state index in [1.54, 1.807) is 30.3 Å². The third kappa shape index (κ3) is 4.22. The van der Waals surface area contributed by atoms with Crippen molar-refractivity contribution in [2.75, 3.05) is 13.7 Å². The molecule has 0 aliphatic heterocycles. The topological polar surface area (TPSA) is 87.9 Å². The van der Waals surface area contributed by atoms with Crippen LogP contribution in [0.25, 0.3) is 0 Å². The second-order valence-electron chi connectivity index (χ2n) is 4.80. The largest absolute Gasteiger partial charge is 0.493 e. The van der Waals surface area contributed by atoms with Gasteiger partial charge in [-0.3, -0.25) is 10.1 Å². The van der Waals surface area contributed by atoms with Crippen molar-refractivity contribution in [1.29, 1.82) is 0 Å². The van der Waals surface area contributed by atoms with E-state index in [9.17, 15) is 14.9 Å². The van der Waals surface area contributed by atoms with Gasteiger partial charge in [0.05, 0.1) is 24.2 Å². The number of nitro groups is 1. The zero-order valence-corrected chi connectivity index (χ0v) is 13.4. The van der Waals surface area contributed by atoms with E-state index in [4.69, 9.17) is 14.2 Å². The van der Waals surface area contributed by atoms with Crippen LogP contribution in [0.5, 0.6) is 11.5 Å². The zero-order chi connectivity index (χ0) is 17.5. The average Bonchev–Trinajstić information content (AvgIpc) is 2.60. The average molecular weight is 331 g/mol. The molecule has 0 amide bonds. The monoisotopic (exact) mass is 331 g/mol. The fourth-order valence-corrected chi connectivity index (χ4v) is 2.02. The summed E-state index contributed by atoms with van der Waals surface area (Å²) in [5.41, 5.74) is 0.977. The molecule has 0 fully saturated rings. The first-order valence-corrected chi connectivity index (χ1v) is 7.26. The summed E-state index contributed by atoms with van der Waals surface area (Å²) in [6.45, 7) is 2.36. The van der Waals surface area contributed by atoms with E-state index < -0.39 is 10.9 Å². The molecule has 0 saturated carbocycles. The summed E-state index contributed by atoms with van der Waals surface area (Å²) < 4.78 is 15.8. The van der Waals surface area contributed by atoms with Crippen molar-refractivity contribution >= 4 is 11.7 Å². The fraction of sp³-hybridized carbons (Fsp3) is 0.235. The molecule has 0 aliphatic rings. The Morgan fingerprint density at radius 1 is 1.12 bits per heavy atom. The minimum absolute atomic E-state index is 0.0127. The lowest BCUT2D eigenvalue weighted by molar-refractivity contribution is -0.384. The van der Waals surface area contributed by atoms with Gasteiger partial charge in [0.25, 0.3) is 5.69 Å². The van der Waals surface area contributed by atoms with E-state index in [0.717, 1.165) is 0 Å². The van der Waals surface area contributed by atoms with Gasteiger partial charge in [-0.05, 0) is 42.8 Å². The Hall–Kier alpha value is -3.09. The van der Waals surface area contributed by atoms with Crippen LogP contribution in [-0.4, -0.2) is 24.6 Å². The summed E-state index contributed by atoms with van der Waals surface area (Å²) in [4.78, 5) is 22.2. The first-order valence-electron chi connectivity index (χ1n) is 7.26. The quantitative estimate of drug-likeness (QED) is 0.439. The molecule has 2 aromatic carbocycles. The smallest absolute Gasteiger partial charge is 0.338 e. The van der Waals surface area contributed by atoms with Gasteiger partial charge in [-0.15, -0.1) is 0 Å². The molecular formula is C17H17NO6. The predicted octanol–water partition coefficient (Wildman–Crippen LogP) is 3.36. The minimum Gasteiger partial charge on any atom is -0.493 e. The Bertz CT molecular complexity index is 726. The van der Waals surface area contributed by atoms with Crippen molar-refractivity contribution in [2.45, 2.75) is 13.5 Å². The molecule has 0 aromatic heterocycles. The molecule has 0 N–H and O–H groups in total. The molecule has 0 spiro atoms. The third-order valence-corrected chi connectivity index (χ3v) is 3.22. The standard InChI is InChI=1S/C17H17NO6/c1-3-23-15-9-6-13(10-16(15)22-2)17(19)24-11-12-4-7-14(8-5-12)18(20)21/h4-10H,3,11H2,1-2H3. The van der Waals surface area contributed by atoms with Gasteiger partial charge in [0.2, 0.25) is 0 Å². The van der Waals surface area contributed by atoms with Gasteiger partial charge in [-0.2, -0.15) is 0 Å². The molecule has 2 rings (SSSR count). The maximum Gasteiger partial charge on any atom is 0.338 e. The zero-order valence-electron chi connectivity index (χ0n) is 13.4. The number of rotatable bonds is 7. The number of hydrogen-bond donors (Lipinski definition) is 0. The van der Waals surface area contributed by atoms with Gasteiger partial charge in [-0.1, -0.05) is 0 Å². The lowest BCUT2D eigenvalue weighted by atomic mass is 10.2. The summed E-state index contributed by atoms with van der Waals surface area (Å²) in [5, 5.41) is 10.6. The Kier molecular flexibility index (Phi) is 5.73. The second-order valence-corrected chi connectivity index (χ2v) is 4.80. The van der Waals surface area contributed by atoms with Crippen LogP contribution in [0.2, 0.25) is 0 Å². The SMILES string of the molecule is CCOc1ccc(C(=O)OCc2ccc([N+](=O)[O-])cc2)cc1OC. The van der Waals surface area contributed by atoms with Gasteiger partial charge < -0.3 is 14.2 Å². The lowest BCUT2D eigenvalue weighted by Crippen LogP contribution is -2.06. The molecule has 24 heavy (non-hydrogen) atoms. The van der Waals surface area contributed by atoms with Crippen LogP contribution in [0.1, 0.15) is 22.8 Å². The van der Waals surface area contributed by atoms with Gasteiger partial charge >= 0.3 is 5.97 Å². The van der Waals surface area contributed by atoms with Crippen LogP contribution in [0.15, 0.2) is 42.5 Å². The molecule has 7 nitrogen and oxygen atoms in total. The molecule has 0 radical (unpaired) electrons. The summed E-state index contributed by atoms with van der Waals surface area (Å²) >= 11 is 0. The Morgan fingerprint density at radius 3 is 2.42 bits per heavy atom. The number of methoxy groups -OCH3 is 1. The highest BCUT2D eigenvalue weighted by molar-refractivity contribution is 5.90. The van der Waals surface area contributed by atoms with E-state index >= 15 is 0 Å². The van der Waals surface area contributed by atoms with E-state index in [0.29, 0.717) is 29.2 Å². The number of carbonyl (C=O) groups excluding carboxylic acids is 1. The molecule has 7 heteroatoms. The Labute approximate surface area is 138 Å². The predicted molar refractivity (Wildman–Crippen MR) is 86.4 cm³/mol. The van der Waals surface area contributed by atoms with Crippen molar-refractivity contribution in [3.63, 3.8) is 0 Å². The molecule has 0 saturated heterocycles. The first-order chi connectivity index (χ1) is 11.5. The summed E-state index contributed by atoms with van der Waals surface area (Å²) in [6.07, 6.45) is 0. The number of benzene rings is 2. The maximum absolute atomic E-state index is 12.1. The lowest BCUT2D eigenvalue weighted by Gasteiger charge is -2.11. The molecule has 0 unspecified atom stereocenters. The van der Waals surface area contributed by atoms with Crippen LogP contribution in [0.3, 0.4) is 0 Å². The van der Waals surface area contributed by atoms with Crippen LogP contribution >= 0.6 is 0 Å². The molecular weight excluding hydrogens is 314 g/mol. The molecule has 0 aliphatic carbocycles. The maximum atomic E-state index is 12.1. The summed E-state index contributed by atoms with van der Waals surface area (Å²) in [6, 6.07) is 10.6. The van der Waals surface area contributed by atoms with Crippen LogP contribution in [0.4, 0.5) is 5.69 Å². The highest BCUT2D eigenvalue weighted by atomic mass is 16.6. The summed E-state index contributed by atoms with van der Waals surface area (Å²) in [7, 11) is 1.49. The highest BCUT2D eigenvalue weighted by Gasteiger charge is 2.13. The number of esters is 1. The van der Waals surface area contributed by atoms with Gasteiger partial charge in [0.15, 0.2) is 11.5 Å². The number of nitro benzene ring substituents is 1. The molecule has 0 bridgehead atoms. The van der Waals surface area contributed by atoms with E-state index in [2.05, 4.69) is 0 Å². The highest BCUT2D eigenvalue weighted by Crippen LogP contribution is 2.28. The molecule has 0 heterocycles. The fourth-order valence-electron chi connectivity index (χ4n) is 2.02. The molecule has 2 aromatic rings. The van der Waals surface area contributed by atoms with Crippen molar-refractivity contribution in [3.05, 3.63) is 63.7 Å². The minimum atomic E-state index is -0.519. The second kappa shape index (κ2) is 7.96. The van der Waals surface area contributed by atoms with Crippen LogP contribution < -0.4 is 9.47 Å². The van der Waals surface area contributed by atoms with Gasteiger partial charge in [0.1, 0.15) is 6.61 Å². The van der Waals surface area contributed by atoms with Crippen molar-refractivity contribution < 1.29 is 23.9 Å². The number of nitrogens with zero attached hydrogens (tertiary/aromatic N) is 1. The molecule has 126 valence electrons. The first kappa shape index (κ1) is 17.3. The van der Waals surface area contributed by atoms with Gasteiger partial charge in [-0.25, -0.2) is 4.79 Å². The summed E-state index contributed by atoms with van der Waals surface area (Å²) in [5.74, 6) is 0.475. The van der Waals surface area contributed by atoms with Crippen molar-refractivity contribution in [3.8, 4) is 11.5 Å². The van der Waals surface area contributed by atoms with Crippen LogP contribution in [0, 0.1) is 10.1 Å². The number of ether oxygens (including phenoxy) is 3.